The number of ether oxygens (including phenoxy) is 2. The standard InChI is InChI=1S/C16H15FN4O3/c1-9(16(22)23-2)24-11-5-3-10(4-6-11)21-15-8-13(18)12(17)7-14(15)19-20-21/h3-9H,18H2,1-2H3. The molecule has 0 amide bonds. The van der Waals surface area contributed by atoms with Gasteiger partial charge in [-0.25, -0.2) is 13.9 Å². The molecule has 1 unspecified atom stereocenters. The van der Waals surface area contributed by atoms with Gasteiger partial charge in [-0.3, -0.25) is 0 Å². The number of hydrogen-bond donors (Lipinski definition) is 1. The fraction of sp³-hybridized carbons (Fsp3) is 0.188. The molecule has 1 heterocycles. The van der Waals surface area contributed by atoms with Gasteiger partial charge < -0.3 is 15.2 Å². The van der Waals surface area contributed by atoms with E-state index in [2.05, 4.69) is 15.0 Å². The second kappa shape index (κ2) is 6.15. The van der Waals surface area contributed by atoms with Crippen molar-refractivity contribution in [2.75, 3.05) is 12.8 Å². The molecular formula is C16H15FN4O3. The van der Waals surface area contributed by atoms with E-state index in [0.29, 0.717) is 22.5 Å². The van der Waals surface area contributed by atoms with Crippen molar-refractivity contribution in [3.05, 3.63) is 42.2 Å². The van der Waals surface area contributed by atoms with Gasteiger partial charge in [0.25, 0.3) is 0 Å². The molecule has 0 fully saturated rings. The van der Waals surface area contributed by atoms with Crippen LogP contribution in [0.1, 0.15) is 6.92 Å². The van der Waals surface area contributed by atoms with Gasteiger partial charge in [0.15, 0.2) is 6.10 Å². The van der Waals surface area contributed by atoms with E-state index >= 15 is 0 Å². The zero-order valence-electron chi connectivity index (χ0n) is 13.1. The Kier molecular flexibility index (Phi) is 4.03. The lowest BCUT2D eigenvalue weighted by Gasteiger charge is -2.12. The highest BCUT2D eigenvalue weighted by Gasteiger charge is 2.15. The number of anilines is 1. The molecule has 0 aliphatic heterocycles. The Hall–Kier alpha value is -3.16. The van der Waals surface area contributed by atoms with E-state index in [9.17, 15) is 9.18 Å². The molecule has 124 valence electrons. The first-order chi connectivity index (χ1) is 11.5. The molecule has 7 nitrogen and oxygen atoms in total. The Bertz CT molecular complexity index is 892. The van der Waals surface area contributed by atoms with Gasteiger partial charge in [-0.2, -0.15) is 0 Å². The van der Waals surface area contributed by atoms with Crippen LogP contribution in [0.3, 0.4) is 0 Å². The summed E-state index contributed by atoms with van der Waals surface area (Å²) in [5.41, 5.74) is 7.32. The van der Waals surface area contributed by atoms with E-state index in [-0.39, 0.29) is 5.69 Å². The summed E-state index contributed by atoms with van der Waals surface area (Å²) in [5.74, 6) is -0.486. The van der Waals surface area contributed by atoms with E-state index < -0.39 is 17.9 Å². The van der Waals surface area contributed by atoms with Gasteiger partial charge in [0.2, 0.25) is 0 Å². The third kappa shape index (κ3) is 2.85. The molecule has 8 heteroatoms. The van der Waals surface area contributed by atoms with Gasteiger partial charge >= 0.3 is 5.97 Å². The number of hydrogen-bond acceptors (Lipinski definition) is 6. The predicted octanol–water partition coefficient (Wildman–Crippen LogP) is 2.08. The number of carbonyl (C=O) groups is 1. The van der Waals surface area contributed by atoms with E-state index in [1.54, 1.807) is 35.9 Å². The summed E-state index contributed by atoms with van der Waals surface area (Å²) in [7, 11) is 1.30. The maximum absolute atomic E-state index is 13.5. The topological polar surface area (TPSA) is 92.3 Å². The molecule has 2 aromatic carbocycles. The van der Waals surface area contributed by atoms with Crippen LogP contribution in [0, 0.1) is 5.82 Å². The van der Waals surface area contributed by atoms with Crippen molar-refractivity contribution >= 4 is 22.7 Å². The second-order valence-corrected chi connectivity index (χ2v) is 5.14. The van der Waals surface area contributed by atoms with Crippen molar-refractivity contribution in [1.29, 1.82) is 0 Å². The zero-order valence-corrected chi connectivity index (χ0v) is 13.1. The minimum Gasteiger partial charge on any atom is -0.479 e. The number of methoxy groups -OCH3 is 1. The monoisotopic (exact) mass is 330 g/mol. The number of nitrogens with two attached hydrogens (primary N) is 1. The summed E-state index contributed by atoms with van der Waals surface area (Å²) < 4.78 is 25.1. The number of esters is 1. The van der Waals surface area contributed by atoms with Gasteiger partial charge in [0.05, 0.1) is 24.0 Å². The summed E-state index contributed by atoms with van der Waals surface area (Å²) >= 11 is 0. The number of fused-ring (bicyclic) bond motifs is 1. The first-order valence-electron chi connectivity index (χ1n) is 7.15. The molecule has 3 aromatic rings. The second-order valence-electron chi connectivity index (χ2n) is 5.14. The Labute approximate surface area is 136 Å². The molecule has 0 bridgehead atoms. The van der Waals surface area contributed by atoms with E-state index in [4.69, 9.17) is 10.5 Å². The Morgan fingerprint density at radius 1 is 1.29 bits per heavy atom. The lowest BCUT2D eigenvalue weighted by Crippen LogP contribution is -2.24. The van der Waals surface area contributed by atoms with Crippen LogP contribution in [0.4, 0.5) is 10.1 Å². The van der Waals surface area contributed by atoms with E-state index in [0.717, 1.165) is 0 Å². The Morgan fingerprint density at radius 3 is 2.67 bits per heavy atom. The lowest BCUT2D eigenvalue weighted by molar-refractivity contribution is -0.147. The highest BCUT2D eigenvalue weighted by molar-refractivity contribution is 5.80. The molecule has 3 rings (SSSR count). The number of benzene rings is 2. The maximum atomic E-state index is 13.5. The molecule has 2 N–H and O–H groups in total. The number of aromatic nitrogens is 3. The average molecular weight is 330 g/mol. The molecule has 1 atom stereocenters. The largest absolute Gasteiger partial charge is 0.479 e. The third-order valence-corrected chi connectivity index (χ3v) is 3.49. The normalized spacial score (nSPS) is 12.1. The minimum atomic E-state index is -0.712. The quantitative estimate of drug-likeness (QED) is 0.581. The Morgan fingerprint density at radius 2 is 2.00 bits per heavy atom. The van der Waals surface area contributed by atoms with Crippen molar-refractivity contribution in [3.8, 4) is 11.4 Å². The first kappa shape index (κ1) is 15.7. The molecule has 0 saturated heterocycles. The summed E-state index contributed by atoms with van der Waals surface area (Å²) in [6.45, 7) is 1.60. The van der Waals surface area contributed by atoms with E-state index in [1.165, 1.54) is 19.2 Å². The summed E-state index contributed by atoms with van der Waals surface area (Å²) in [6.07, 6.45) is -0.712. The van der Waals surface area contributed by atoms with Crippen LogP contribution in [0.2, 0.25) is 0 Å². The summed E-state index contributed by atoms with van der Waals surface area (Å²) in [4.78, 5) is 11.4. The van der Waals surface area contributed by atoms with E-state index in [1.807, 2.05) is 0 Å². The molecule has 24 heavy (non-hydrogen) atoms. The molecule has 0 radical (unpaired) electrons. The van der Waals surface area contributed by atoms with Crippen molar-refractivity contribution in [2.24, 2.45) is 0 Å². The molecule has 0 aliphatic carbocycles. The maximum Gasteiger partial charge on any atom is 0.346 e. The minimum absolute atomic E-state index is 0.0258. The first-order valence-corrected chi connectivity index (χ1v) is 7.15. The van der Waals surface area contributed by atoms with Crippen molar-refractivity contribution in [3.63, 3.8) is 0 Å². The van der Waals surface area contributed by atoms with Crippen LogP contribution >= 0.6 is 0 Å². The van der Waals surface area contributed by atoms with Crippen LogP contribution in [0.5, 0.6) is 5.75 Å². The van der Waals surface area contributed by atoms with Gasteiger partial charge in [0, 0.05) is 6.07 Å². The molecule has 0 saturated carbocycles. The highest BCUT2D eigenvalue weighted by Crippen LogP contribution is 2.23. The fourth-order valence-electron chi connectivity index (χ4n) is 2.23. The van der Waals surface area contributed by atoms with Gasteiger partial charge in [0.1, 0.15) is 17.1 Å². The predicted molar refractivity (Wildman–Crippen MR) is 85.3 cm³/mol. The summed E-state index contributed by atoms with van der Waals surface area (Å²) in [6, 6.07) is 9.59. The van der Waals surface area contributed by atoms with Gasteiger partial charge in [-0.1, -0.05) is 5.21 Å². The number of nitrogens with zero attached hydrogens (tertiary/aromatic N) is 3. The SMILES string of the molecule is COC(=O)C(C)Oc1ccc(-n2nnc3cc(F)c(N)cc32)cc1. The molecular weight excluding hydrogens is 315 g/mol. The van der Waals surface area contributed by atoms with Crippen LogP contribution in [0.15, 0.2) is 36.4 Å². The van der Waals surface area contributed by atoms with Crippen LogP contribution < -0.4 is 10.5 Å². The molecule has 0 aliphatic rings. The number of carbonyl (C=O) groups excluding carboxylic acids is 1. The van der Waals surface area contributed by atoms with Crippen LogP contribution in [-0.4, -0.2) is 34.2 Å². The van der Waals surface area contributed by atoms with Gasteiger partial charge in [-0.15, -0.1) is 5.10 Å². The van der Waals surface area contributed by atoms with Crippen molar-refractivity contribution < 1.29 is 18.7 Å². The zero-order chi connectivity index (χ0) is 17.3. The highest BCUT2D eigenvalue weighted by atomic mass is 19.1. The van der Waals surface area contributed by atoms with Crippen molar-refractivity contribution in [1.82, 2.24) is 15.0 Å². The average Bonchev–Trinajstić information content (AvgIpc) is 2.97. The van der Waals surface area contributed by atoms with Crippen molar-refractivity contribution in [2.45, 2.75) is 13.0 Å². The third-order valence-electron chi connectivity index (χ3n) is 3.49. The fourth-order valence-corrected chi connectivity index (χ4v) is 2.23. The van der Waals surface area contributed by atoms with Crippen LogP contribution in [0.25, 0.3) is 16.7 Å². The van der Waals surface area contributed by atoms with Crippen LogP contribution in [-0.2, 0) is 9.53 Å². The molecule has 1 aromatic heterocycles. The number of rotatable bonds is 4. The van der Waals surface area contributed by atoms with Gasteiger partial charge in [-0.05, 0) is 37.3 Å². The number of halogens is 1. The molecule has 0 spiro atoms. The summed E-state index contributed by atoms with van der Waals surface area (Å²) in [5, 5.41) is 7.94. The smallest absolute Gasteiger partial charge is 0.346 e. The number of nitrogen functional groups attached to an aromatic ring is 1. The lowest BCUT2D eigenvalue weighted by atomic mass is 10.2. The Balaban J connectivity index is 1.89.